The molecule has 20 heavy (non-hydrogen) atoms. The van der Waals surface area contributed by atoms with E-state index in [-0.39, 0.29) is 24.5 Å². The molecule has 0 radical (unpaired) electrons. The van der Waals surface area contributed by atoms with Gasteiger partial charge >= 0.3 is 0 Å². The summed E-state index contributed by atoms with van der Waals surface area (Å²) in [6.45, 7) is 7.06. The zero-order chi connectivity index (χ0) is 14.5. The molecule has 3 N–H and O–H groups in total. The summed E-state index contributed by atoms with van der Waals surface area (Å²) in [5.74, 6) is -0.165. The number of carbonyl (C=O) groups excluding carboxylic acids is 2. The van der Waals surface area contributed by atoms with Crippen molar-refractivity contribution < 1.29 is 14.3 Å². The summed E-state index contributed by atoms with van der Waals surface area (Å²) >= 11 is 0. The topological polar surface area (TPSA) is 82.7 Å². The minimum Gasteiger partial charge on any atom is -0.377 e. The van der Waals surface area contributed by atoms with Crippen LogP contribution in [0.4, 0.5) is 0 Å². The fraction of sp³-hybridized carbons (Fsp3) is 0.846. The molecule has 0 saturated carbocycles. The minimum absolute atomic E-state index is 0.0241. The highest BCUT2D eigenvalue weighted by Crippen LogP contribution is 2.10. The molecule has 0 bridgehead atoms. The average Bonchev–Trinajstić information content (AvgIpc) is 2.47. The molecule has 2 heterocycles. The zero-order valence-electron chi connectivity index (χ0n) is 12.1. The third-order valence-corrected chi connectivity index (χ3v) is 3.70. The normalized spacial score (nSPS) is 30.9. The van der Waals surface area contributed by atoms with Crippen molar-refractivity contribution in [1.29, 1.82) is 0 Å². The van der Waals surface area contributed by atoms with Crippen LogP contribution in [0, 0.1) is 0 Å². The smallest absolute Gasteiger partial charge is 0.245 e. The summed E-state index contributed by atoms with van der Waals surface area (Å²) < 4.78 is 5.34. The number of carbonyl (C=O) groups is 2. The lowest BCUT2D eigenvalue weighted by molar-refractivity contribution is -0.150. The molecule has 0 spiro atoms. The number of hydrogen-bond acceptors (Lipinski definition) is 5. The molecule has 2 saturated heterocycles. The zero-order valence-corrected chi connectivity index (χ0v) is 12.1. The largest absolute Gasteiger partial charge is 0.377 e. The number of hydrogen-bond donors (Lipinski definition) is 3. The molecule has 2 fully saturated rings. The van der Waals surface area contributed by atoms with Crippen LogP contribution in [0.2, 0.25) is 0 Å². The van der Waals surface area contributed by atoms with Crippen LogP contribution in [0.25, 0.3) is 0 Å². The van der Waals surface area contributed by atoms with Gasteiger partial charge in [0.25, 0.3) is 0 Å². The molecular formula is C13H24N4O3. The van der Waals surface area contributed by atoms with Crippen molar-refractivity contribution in [2.75, 3.05) is 39.4 Å². The van der Waals surface area contributed by atoms with E-state index in [1.54, 1.807) is 4.90 Å². The Morgan fingerprint density at radius 1 is 1.35 bits per heavy atom. The highest BCUT2D eigenvalue weighted by molar-refractivity contribution is 5.90. The first kappa shape index (κ1) is 15.2. The number of amides is 2. The van der Waals surface area contributed by atoms with Crippen molar-refractivity contribution in [2.45, 2.75) is 32.0 Å². The molecule has 7 heteroatoms. The van der Waals surface area contributed by atoms with Crippen LogP contribution in [0.3, 0.4) is 0 Å². The summed E-state index contributed by atoms with van der Waals surface area (Å²) in [6, 6.07) is -0.415. The number of rotatable bonds is 3. The van der Waals surface area contributed by atoms with Crippen LogP contribution in [0.1, 0.15) is 13.8 Å². The summed E-state index contributed by atoms with van der Waals surface area (Å²) in [4.78, 5) is 26.2. The number of morpholine rings is 1. The SMILES string of the molecule is CCNC(=O)C1COCCN1C(=O)C1CNC(C)CN1. The monoisotopic (exact) mass is 284 g/mol. The maximum Gasteiger partial charge on any atom is 0.245 e. The van der Waals surface area contributed by atoms with Gasteiger partial charge in [0.05, 0.1) is 19.3 Å². The second-order valence-electron chi connectivity index (χ2n) is 5.29. The Bertz CT molecular complexity index is 356. The molecule has 0 aromatic heterocycles. The first-order valence-corrected chi connectivity index (χ1v) is 7.26. The number of likely N-dealkylation sites (N-methyl/N-ethyl adjacent to an activating group) is 1. The molecule has 0 aliphatic carbocycles. The van der Waals surface area contributed by atoms with Crippen molar-refractivity contribution in [3.05, 3.63) is 0 Å². The van der Waals surface area contributed by atoms with Crippen LogP contribution in [-0.4, -0.2) is 74.2 Å². The Hall–Kier alpha value is -1.18. The number of piperazine rings is 1. The number of ether oxygens (including phenoxy) is 1. The van der Waals surface area contributed by atoms with E-state index in [0.717, 1.165) is 6.54 Å². The Labute approximate surface area is 119 Å². The van der Waals surface area contributed by atoms with Crippen molar-refractivity contribution in [3.63, 3.8) is 0 Å². The van der Waals surface area contributed by atoms with Crippen molar-refractivity contribution in [3.8, 4) is 0 Å². The van der Waals surface area contributed by atoms with Gasteiger partial charge in [-0.3, -0.25) is 9.59 Å². The molecule has 3 atom stereocenters. The molecule has 114 valence electrons. The minimum atomic E-state index is -0.516. The van der Waals surface area contributed by atoms with Gasteiger partial charge in [0.1, 0.15) is 6.04 Å². The highest BCUT2D eigenvalue weighted by Gasteiger charge is 2.36. The average molecular weight is 284 g/mol. The lowest BCUT2D eigenvalue weighted by Gasteiger charge is -2.38. The van der Waals surface area contributed by atoms with Crippen molar-refractivity contribution in [1.82, 2.24) is 20.9 Å². The van der Waals surface area contributed by atoms with Crippen LogP contribution in [0.15, 0.2) is 0 Å². The summed E-state index contributed by atoms with van der Waals surface area (Å²) in [6.07, 6.45) is 0. The molecule has 2 aliphatic rings. The van der Waals surface area contributed by atoms with E-state index in [4.69, 9.17) is 4.74 Å². The molecule has 3 unspecified atom stereocenters. The van der Waals surface area contributed by atoms with Crippen molar-refractivity contribution >= 4 is 11.8 Å². The Morgan fingerprint density at radius 3 is 2.80 bits per heavy atom. The van der Waals surface area contributed by atoms with E-state index >= 15 is 0 Å². The number of nitrogens with one attached hydrogen (secondary N) is 3. The van der Waals surface area contributed by atoms with Gasteiger partial charge in [0, 0.05) is 32.2 Å². The van der Waals surface area contributed by atoms with Gasteiger partial charge in [0.2, 0.25) is 11.8 Å². The Kier molecular flexibility index (Phi) is 5.33. The molecule has 0 aromatic rings. The Balaban J connectivity index is 1.99. The van der Waals surface area contributed by atoms with E-state index in [2.05, 4.69) is 22.9 Å². The maximum atomic E-state index is 12.6. The van der Waals surface area contributed by atoms with E-state index in [9.17, 15) is 9.59 Å². The summed E-state index contributed by atoms with van der Waals surface area (Å²) in [7, 11) is 0. The van der Waals surface area contributed by atoms with Crippen LogP contribution in [0.5, 0.6) is 0 Å². The van der Waals surface area contributed by atoms with E-state index in [1.807, 2.05) is 6.92 Å². The van der Waals surface area contributed by atoms with Gasteiger partial charge in [-0.2, -0.15) is 0 Å². The first-order chi connectivity index (χ1) is 9.63. The lowest BCUT2D eigenvalue weighted by atomic mass is 10.1. The predicted octanol–water partition coefficient (Wildman–Crippen LogP) is -1.70. The molecule has 2 amide bonds. The molecule has 0 aromatic carbocycles. The second kappa shape index (κ2) is 7.01. The van der Waals surface area contributed by atoms with Gasteiger partial charge in [-0.05, 0) is 13.8 Å². The second-order valence-corrected chi connectivity index (χ2v) is 5.29. The molecule has 2 aliphatic heterocycles. The fourth-order valence-electron chi connectivity index (χ4n) is 2.53. The maximum absolute atomic E-state index is 12.6. The van der Waals surface area contributed by atoms with E-state index < -0.39 is 6.04 Å². The van der Waals surface area contributed by atoms with Crippen molar-refractivity contribution in [2.24, 2.45) is 0 Å². The predicted molar refractivity (Wildman–Crippen MR) is 74.3 cm³/mol. The van der Waals surface area contributed by atoms with E-state index in [1.165, 1.54) is 0 Å². The summed E-state index contributed by atoms with van der Waals surface area (Å²) in [5.41, 5.74) is 0. The Morgan fingerprint density at radius 2 is 2.15 bits per heavy atom. The van der Waals surface area contributed by atoms with E-state index in [0.29, 0.717) is 32.3 Å². The van der Waals surface area contributed by atoms with Crippen LogP contribution in [-0.2, 0) is 14.3 Å². The van der Waals surface area contributed by atoms with Gasteiger partial charge < -0.3 is 25.6 Å². The highest BCUT2D eigenvalue weighted by atomic mass is 16.5. The molecular weight excluding hydrogens is 260 g/mol. The standard InChI is InChI=1S/C13H24N4O3/c1-3-14-12(18)11-8-20-5-4-17(11)13(19)10-7-15-9(2)6-16-10/h9-11,15-16H,3-8H2,1-2H3,(H,14,18). The van der Waals surface area contributed by atoms with Gasteiger partial charge in [-0.15, -0.1) is 0 Å². The van der Waals surface area contributed by atoms with Gasteiger partial charge in [-0.1, -0.05) is 0 Å². The van der Waals surface area contributed by atoms with Gasteiger partial charge in [0.15, 0.2) is 0 Å². The molecule has 2 rings (SSSR count). The summed E-state index contributed by atoms with van der Waals surface area (Å²) in [5, 5.41) is 9.27. The third-order valence-electron chi connectivity index (χ3n) is 3.70. The third kappa shape index (κ3) is 3.47. The number of nitrogens with zero attached hydrogens (tertiary/aromatic N) is 1. The fourth-order valence-corrected chi connectivity index (χ4v) is 2.53. The first-order valence-electron chi connectivity index (χ1n) is 7.26. The van der Waals surface area contributed by atoms with Crippen LogP contribution < -0.4 is 16.0 Å². The lowest BCUT2D eigenvalue weighted by Crippen LogP contribution is -2.64. The quantitative estimate of drug-likeness (QED) is 0.575. The van der Waals surface area contributed by atoms with Crippen LogP contribution >= 0.6 is 0 Å². The molecule has 7 nitrogen and oxygen atoms in total. The van der Waals surface area contributed by atoms with Gasteiger partial charge in [-0.25, -0.2) is 0 Å².